The van der Waals surface area contributed by atoms with Crippen LogP contribution in [-0.4, -0.2) is 28.6 Å². The summed E-state index contributed by atoms with van der Waals surface area (Å²) in [4.78, 5) is 15.5. The summed E-state index contributed by atoms with van der Waals surface area (Å²) in [6.07, 6.45) is 3.36. The minimum atomic E-state index is -0.480. The molecule has 0 radical (unpaired) electrons. The lowest BCUT2D eigenvalue weighted by atomic mass is 10.2. The monoisotopic (exact) mass is 208 g/mol. The largest absolute Gasteiger partial charge is 0.391 e. The molecule has 2 N–H and O–H groups in total. The zero-order valence-corrected chi connectivity index (χ0v) is 9.03. The third-order valence-electron chi connectivity index (χ3n) is 2.11. The Morgan fingerprint density at radius 1 is 1.60 bits per heavy atom. The Labute approximate surface area is 89.3 Å². The predicted octanol–water partition coefficient (Wildman–Crippen LogP) is 0.891. The van der Waals surface area contributed by atoms with Gasteiger partial charge in [-0.2, -0.15) is 0 Å². The van der Waals surface area contributed by atoms with E-state index in [1.54, 1.807) is 12.3 Å². The zero-order chi connectivity index (χ0) is 11.3. The molecule has 0 aliphatic rings. The second kappa shape index (κ2) is 5.46. The molecule has 1 atom stereocenters. The van der Waals surface area contributed by atoms with Crippen LogP contribution in [0.25, 0.3) is 0 Å². The van der Waals surface area contributed by atoms with Crippen LogP contribution in [0.15, 0.2) is 18.5 Å². The molecule has 0 bridgehead atoms. The highest BCUT2D eigenvalue weighted by Crippen LogP contribution is 2.00. The van der Waals surface area contributed by atoms with Gasteiger partial charge in [0.05, 0.1) is 11.7 Å². The second-order valence-electron chi connectivity index (χ2n) is 3.52. The number of pyridine rings is 1. The fourth-order valence-corrected chi connectivity index (χ4v) is 1.14. The van der Waals surface area contributed by atoms with Gasteiger partial charge in [0.2, 0.25) is 0 Å². The van der Waals surface area contributed by atoms with Crippen molar-refractivity contribution in [2.24, 2.45) is 0 Å². The van der Waals surface area contributed by atoms with Gasteiger partial charge in [0, 0.05) is 18.9 Å². The molecule has 0 saturated heterocycles. The highest BCUT2D eigenvalue weighted by Gasteiger charge is 2.07. The molecular weight excluding hydrogens is 192 g/mol. The maximum absolute atomic E-state index is 11.6. The number of nitrogens with one attached hydrogen (secondary N) is 1. The number of nitrogens with zero attached hydrogens (tertiary/aromatic N) is 1. The van der Waals surface area contributed by atoms with Crippen LogP contribution < -0.4 is 5.32 Å². The van der Waals surface area contributed by atoms with E-state index in [9.17, 15) is 9.90 Å². The lowest BCUT2D eigenvalue weighted by molar-refractivity contribution is 0.0913. The maximum Gasteiger partial charge on any atom is 0.252 e. The van der Waals surface area contributed by atoms with Crippen LogP contribution >= 0.6 is 0 Å². The lowest BCUT2D eigenvalue weighted by Gasteiger charge is -2.09. The van der Waals surface area contributed by atoms with Gasteiger partial charge in [-0.15, -0.1) is 0 Å². The number of hydrogen-bond donors (Lipinski definition) is 2. The summed E-state index contributed by atoms with van der Waals surface area (Å²) in [6.45, 7) is 4.03. The first kappa shape index (κ1) is 11.7. The lowest BCUT2D eigenvalue weighted by Crippen LogP contribution is -2.31. The summed E-state index contributed by atoms with van der Waals surface area (Å²) >= 11 is 0. The normalized spacial score (nSPS) is 12.2. The Morgan fingerprint density at radius 2 is 2.33 bits per heavy atom. The van der Waals surface area contributed by atoms with E-state index in [0.717, 1.165) is 5.56 Å². The van der Waals surface area contributed by atoms with Gasteiger partial charge in [0.15, 0.2) is 0 Å². The van der Waals surface area contributed by atoms with Crippen molar-refractivity contribution in [3.8, 4) is 0 Å². The van der Waals surface area contributed by atoms with Gasteiger partial charge in [-0.05, 0) is 25.0 Å². The summed E-state index contributed by atoms with van der Waals surface area (Å²) in [5.74, 6) is -0.196. The van der Waals surface area contributed by atoms with Crippen molar-refractivity contribution in [3.05, 3.63) is 29.6 Å². The summed E-state index contributed by atoms with van der Waals surface area (Å²) < 4.78 is 0. The molecule has 1 amide bonds. The van der Waals surface area contributed by atoms with Gasteiger partial charge in [-0.3, -0.25) is 9.78 Å². The Bertz CT molecular complexity index is 339. The zero-order valence-electron chi connectivity index (χ0n) is 9.03. The molecule has 0 saturated carbocycles. The van der Waals surface area contributed by atoms with Crippen LogP contribution in [0.4, 0.5) is 0 Å². The molecule has 0 aliphatic heterocycles. The summed E-state index contributed by atoms with van der Waals surface area (Å²) in [5, 5.41) is 11.9. The first-order valence-electron chi connectivity index (χ1n) is 5.01. The fourth-order valence-electron chi connectivity index (χ4n) is 1.14. The van der Waals surface area contributed by atoms with Gasteiger partial charge < -0.3 is 10.4 Å². The van der Waals surface area contributed by atoms with Crippen molar-refractivity contribution in [3.63, 3.8) is 0 Å². The molecule has 82 valence electrons. The van der Waals surface area contributed by atoms with Gasteiger partial charge in [0.1, 0.15) is 0 Å². The minimum Gasteiger partial charge on any atom is -0.391 e. The third kappa shape index (κ3) is 3.67. The Hall–Kier alpha value is -1.42. The van der Waals surface area contributed by atoms with Crippen molar-refractivity contribution in [1.29, 1.82) is 0 Å². The smallest absolute Gasteiger partial charge is 0.252 e. The number of hydrogen-bond acceptors (Lipinski definition) is 3. The molecule has 1 aromatic rings. The van der Waals surface area contributed by atoms with E-state index >= 15 is 0 Å². The number of aliphatic hydroxyl groups is 1. The number of carbonyl (C=O) groups is 1. The molecule has 0 spiro atoms. The number of amides is 1. The number of aryl methyl sites for hydroxylation is 1. The topological polar surface area (TPSA) is 62.2 Å². The fraction of sp³-hybridized carbons (Fsp3) is 0.455. The minimum absolute atomic E-state index is 0.196. The third-order valence-corrected chi connectivity index (χ3v) is 2.11. The molecule has 4 heteroatoms. The molecule has 0 aromatic carbocycles. The molecule has 0 unspecified atom stereocenters. The van der Waals surface area contributed by atoms with E-state index in [-0.39, 0.29) is 12.5 Å². The van der Waals surface area contributed by atoms with Crippen LogP contribution in [-0.2, 0) is 0 Å². The van der Waals surface area contributed by atoms with Crippen molar-refractivity contribution in [2.45, 2.75) is 26.4 Å². The molecule has 1 rings (SSSR count). The first-order valence-corrected chi connectivity index (χ1v) is 5.01. The number of aromatic nitrogens is 1. The van der Waals surface area contributed by atoms with E-state index < -0.39 is 6.10 Å². The van der Waals surface area contributed by atoms with Crippen LogP contribution in [0.5, 0.6) is 0 Å². The average molecular weight is 208 g/mol. The highest BCUT2D eigenvalue weighted by molar-refractivity contribution is 5.93. The van der Waals surface area contributed by atoms with Crippen molar-refractivity contribution in [2.75, 3.05) is 6.54 Å². The summed E-state index contributed by atoms with van der Waals surface area (Å²) in [6, 6.07) is 1.76. The second-order valence-corrected chi connectivity index (χ2v) is 3.52. The molecule has 1 heterocycles. The molecule has 1 aromatic heterocycles. The van der Waals surface area contributed by atoms with Crippen molar-refractivity contribution >= 4 is 5.91 Å². The van der Waals surface area contributed by atoms with Crippen molar-refractivity contribution < 1.29 is 9.90 Å². The first-order chi connectivity index (χ1) is 7.13. The van der Waals surface area contributed by atoms with Crippen LogP contribution in [0.2, 0.25) is 0 Å². The number of aliphatic hydroxyl groups excluding tert-OH is 1. The van der Waals surface area contributed by atoms with E-state index in [1.807, 2.05) is 13.8 Å². The van der Waals surface area contributed by atoms with Crippen molar-refractivity contribution in [1.82, 2.24) is 10.3 Å². The van der Waals surface area contributed by atoms with E-state index in [0.29, 0.717) is 12.0 Å². The highest BCUT2D eigenvalue weighted by atomic mass is 16.3. The Kier molecular flexibility index (Phi) is 4.24. The molecule has 0 fully saturated rings. The Balaban J connectivity index is 2.54. The molecular formula is C11H16N2O2. The summed E-state index contributed by atoms with van der Waals surface area (Å²) in [7, 11) is 0. The Morgan fingerprint density at radius 3 is 2.93 bits per heavy atom. The SMILES string of the molecule is CC[C@@H](O)CNC(=O)c1cncc(C)c1. The van der Waals surface area contributed by atoms with Crippen LogP contribution in [0.1, 0.15) is 29.3 Å². The van der Waals surface area contributed by atoms with Gasteiger partial charge in [0.25, 0.3) is 5.91 Å². The van der Waals surface area contributed by atoms with Gasteiger partial charge in [-0.25, -0.2) is 0 Å². The van der Waals surface area contributed by atoms with Crippen LogP contribution in [0.3, 0.4) is 0 Å². The van der Waals surface area contributed by atoms with E-state index in [4.69, 9.17) is 0 Å². The quantitative estimate of drug-likeness (QED) is 0.772. The molecule has 0 aliphatic carbocycles. The van der Waals surface area contributed by atoms with E-state index in [2.05, 4.69) is 10.3 Å². The van der Waals surface area contributed by atoms with Gasteiger partial charge in [-0.1, -0.05) is 6.92 Å². The predicted molar refractivity (Wildman–Crippen MR) is 57.6 cm³/mol. The standard InChI is InChI=1S/C11H16N2O2/c1-3-10(14)7-13-11(15)9-4-8(2)5-12-6-9/h4-6,10,14H,3,7H2,1-2H3,(H,13,15)/t10-/m1/s1. The van der Waals surface area contributed by atoms with Crippen LogP contribution in [0, 0.1) is 6.92 Å². The maximum atomic E-state index is 11.6. The van der Waals surface area contributed by atoms with Gasteiger partial charge >= 0.3 is 0 Å². The molecule has 15 heavy (non-hydrogen) atoms. The average Bonchev–Trinajstić information content (AvgIpc) is 2.25. The number of rotatable bonds is 4. The molecule has 4 nitrogen and oxygen atoms in total. The van der Waals surface area contributed by atoms with E-state index in [1.165, 1.54) is 6.20 Å². The number of carbonyl (C=O) groups excluding carboxylic acids is 1. The summed E-state index contributed by atoms with van der Waals surface area (Å²) in [5.41, 5.74) is 1.47.